The molecular weight excluding hydrogens is 346 g/mol. The molecule has 4 rings (SSSR count). The predicted octanol–water partition coefficient (Wildman–Crippen LogP) is 4.74. The summed E-state index contributed by atoms with van der Waals surface area (Å²) in [7, 11) is 0. The fourth-order valence-corrected chi connectivity index (χ4v) is 3.51. The van der Waals surface area contributed by atoms with Gasteiger partial charge in [-0.05, 0) is 29.2 Å². The minimum Gasteiger partial charge on any atom is -0.505 e. The van der Waals surface area contributed by atoms with Gasteiger partial charge in [0.25, 0.3) is 0 Å². The van der Waals surface area contributed by atoms with Crippen molar-refractivity contribution in [3.63, 3.8) is 0 Å². The number of nitrogens with one attached hydrogen (secondary N) is 2. The number of nitrogens with zero attached hydrogens (tertiary/aromatic N) is 1. The van der Waals surface area contributed by atoms with Crippen molar-refractivity contribution in [1.29, 1.82) is 0 Å². The Morgan fingerprint density at radius 1 is 1.04 bits per heavy atom. The summed E-state index contributed by atoms with van der Waals surface area (Å²) in [6, 6.07) is 16.2. The summed E-state index contributed by atoms with van der Waals surface area (Å²) in [5, 5.41) is 18.8. The number of aromatic hydroxyl groups is 1. The van der Waals surface area contributed by atoms with Crippen molar-refractivity contribution in [2.24, 2.45) is 0 Å². The number of aromatic nitrogens is 1. The zero-order valence-corrected chi connectivity index (χ0v) is 16.2. The van der Waals surface area contributed by atoms with E-state index in [9.17, 15) is 5.11 Å². The molecule has 28 heavy (non-hydrogen) atoms. The molecule has 0 aliphatic carbocycles. The van der Waals surface area contributed by atoms with Crippen LogP contribution in [-0.4, -0.2) is 16.6 Å². The number of hydrogen-bond acceptors (Lipinski definition) is 4. The predicted molar refractivity (Wildman–Crippen MR) is 114 cm³/mol. The number of phenolic OH excluding ortho intramolecular Hbond substituents is 1. The molecule has 1 aliphatic heterocycles. The average Bonchev–Trinajstić information content (AvgIpc) is 2.74. The van der Waals surface area contributed by atoms with Crippen LogP contribution in [0.15, 0.2) is 78.8 Å². The van der Waals surface area contributed by atoms with Crippen LogP contribution in [0, 0.1) is 0 Å². The van der Waals surface area contributed by atoms with Crippen LogP contribution in [0.5, 0.6) is 5.75 Å². The Morgan fingerprint density at radius 3 is 2.54 bits per heavy atom. The van der Waals surface area contributed by atoms with Crippen molar-refractivity contribution < 1.29 is 5.11 Å². The number of rotatable bonds is 5. The highest BCUT2D eigenvalue weighted by Gasteiger charge is 2.21. The maximum Gasteiger partial charge on any atom is 0.147 e. The summed E-state index contributed by atoms with van der Waals surface area (Å²) in [5.74, 6) is 1.63. The largest absolute Gasteiger partial charge is 0.505 e. The van der Waals surface area contributed by atoms with Crippen molar-refractivity contribution in [3.05, 3.63) is 95.5 Å². The Hall–Kier alpha value is -3.27. The Morgan fingerprint density at radius 2 is 1.82 bits per heavy atom. The summed E-state index contributed by atoms with van der Waals surface area (Å²) >= 11 is 0. The molecule has 4 heteroatoms. The fourth-order valence-electron chi connectivity index (χ4n) is 3.51. The molecule has 4 nitrogen and oxygen atoms in total. The first-order chi connectivity index (χ1) is 13.6. The van der Waals surface area contributed by atoms with Crippen LogP contribution >= 0.6 is 0 Å². The van der Waals surface area contributed by atoms with E-state index in [4.69, 9.17) is 0 Å². The van der Waals surface area contributed by atoms with Gasteiger partial charge in [-0.2, -0.15) is 0 Å². The Bertz CT molecular complexity index is 1040. The maximum absolute atomic E-state index is 11.0. The summed E-state index contributed by atoms with van der Waals surface area (Å²) < 4.78 is 0. The van der Waals surface area contributed by atoms with Gasteiger partial charge in [-0.1, -0.05) is 68.5 Å². The van der Waals surface area contributed by atoms with Crippen LogP contribution in [-0.2, 0) is 0 Å². The Kier molecular flexibility index (Phi) is 5.02. The number of pyridine rings is 1. The number of phenols is 1. The highest BCUT2D eigenvalue weighted by molar-refractivity contribution is 5.85. The van der Waals surface area contributed by atoms with Gasteiger partial charge in [0.1, 0.15) is 11.3 Å². The van der Waals surface area contributed by atoms with Gasteiger partial charge in [-0.25, -0.2) is 0 Å². The number of fused-ring (bicyclic) bond motifs is 1. The third kappa shape index (κ3) is 3.58. The lowest BCUT2D eigenvalue weighted by Gasteiger charge is -2.25. The van der Waals surface area contributed by atoms with Crippen LogP contribution in [0.1, 0.15) is 42.5 Å². The molecule has 0 saturated carbocycles. The van der Waals surface area contributed by atoms with Crippen molar-refractivity contribution in [2.75, 3.05) is 6.54 Å². The molecule has 142 valence electrons. The molecule has 3 N–H and O–H groups in total. The maximum atomic E-state index is 11.0. The van der Waals surface area contributed by atoms with Crippen LogP contribution in [0.4, 0.5) is 0 Å². The molecule has 1 aromatic heterocycles. The van der Waals surface area contributed by atoms with E-state index in [2.05, 4.69) is 59.8 Å². The first kappa shape index (κ1) is 18.1. The van der Waals surface area contributed by atoms with Gasteiger partial charge in [0.15, 0.2) is 0 Å². The van der Waals surface area contributed by atoms with Crippen LogP contribution in [0.2, 0.25) is 0 Å². The summed E-state index contributed by atoms with van der Waals surface area (Å²) in [5.41, 5.74) is 3.81. The molecular formula is C24H25N3O. The number of dihydropyridines is 1. The first-order valence-electron chi connectivity index (χ1n) is 9.67. The fraction of sp³-hybridized carbons (Fsp3) is 0.208. The zero-order valence-electron chi connectivity index (χ0n) is 16.2. The first-order valence-corrected chi connectivity index (χ1v) is 9.67. The lowest BCUT2D eigenvalue weighted by atomic mass is 9.93. The van der Waals surface area contributed by atoms with Gasteiger partial charge in [0, 0.05) is 23.7 Å². The monoisotopic (exact) mass is 371 g/mol. The van der Waals surface area contributed by atoms with Crippen molar-refractivity contribution in [2.45, 2.75) is 25.8 Å². The lowest BCUT2D eigenvalue weighted by molar-refractivity contribution is 0.465. The van der Waals surface area contributed by atoms with Gasteiger partial charge in [0.2, 0.25) is 0 Å². The highest BCUT2D eigenvalue weighted by atomic mass is 16.3. The summed E-state index contributed by atoms with van der Waals surface area (Å²) in [4.78, 5) is 4.38. The molecule has 1 unspecified atom stereocenters. The van der Waals surface area contributed by atoms with E-state index >= 15 is 0 Å². The Balaban J connectivity index is 1.79. The second kappa shape index (κ2) is 7.77. The van der Waals surface area contributed by atoms with Crippen LogP contribution < -0.4 is 10.6 Å². The number of hydrogen-bond donors (Lipinski definition) is 3. The van der Waals surface area contributed by atoms with E-state index in [0.29, 0.717) is 11.4 Å². The molecule has 0 amide bonds. The van der Waals surface area contributed by atoms with E-state index in [-0.39, 0.29) is 11.8 Å². The van der Waals surface area contributed by atoms with Gasteiger partial charge < -0.3 is 15.7 Å². The molecule has 2 heterocycles. The van der Waals surface area contributed by atoms with E-state index in [0.717, 1.165) is 28.9 Å². The SMILES string of the molecule is CC(C)c1ccc(C(NC2=CC=CCN2)c2ccc3cccnc3c2O)cc1. The van der Waals surface area contributed by atoms with E-state index in [1.165, 1.54) is 5.56 Å². The second-order valence-corrected chi connectivity index (χ2v) is 7.37. The molecule has 2 aromatic carbocycles. The van der Waals surface area contributed by atoms with E-state index in [1.807, 2.05) is 36.4 Å². The van der Waals surface area contributed by atoms with E-state index < -0.39 is 0 Å². The van der Waals surface area contributed by atoms with Crippen LogP contribution in [0.25, 0.3) is 10.9 Å². The van der Waals surface area contributed by atoms with Gasteiger partial charge >= 0.3 is 0 Å². The molecule has 0 bridgehead atoms. The van der Waals surface area contributed by atoms with Gasteiger partial charge in [-0.15, -0.1) is 0 Å². The molecule has 1 atom stereocenters. The number of benzene rings is 2. The van der Waals surface area contributed by atoms with E-state index in [1.54, 1.807) is 6.20 Å². The quantitative estimate of drug-likeness (QED) is 0.606. The molecule has 0 spiro atoms. The minimum atomic E-state index is -0.196. The normalized spacial score (nSPS) is 14.6. The minimum absolute atomic E-state index is 0.196. The third-order valence-electron chi connectivity index (χ3n) is 5.14. The Labute approximate surface area is 165 Å². The topological polar surface area (TPSA) is 57.2 Å². The summed E-state index contributed by atoms with van der Waals surface area (Å²) in [6.07, 6.45) is 7.81. The number of allylic oxidation sites excluding steroid dienone is 2. The molecule has 0 saturated heterocycles. The smallest absolute Gasteiger partial charge is 0.147 e. The van der Waals surface area contributed by atoms with Gasteiger partial charge in [0.05, 0.1) is 11.9 Å². The van der Waals surface area contributed by atoms with Gasteiger partial charge in [-0.3, -0.25) is 4.98 Å². The van der Waals surface area contributed by atoms with Crippen LogP contribution in [0.3, 0.4) is 0 Å². The summed E-state index contributed by atoms with van der Waals surface area (Å²) in [6.45, 7) is 5.16. The van der Waals surface area contributed by atoms with Crippen molar-refractivity contribution >= 4 is 10.9 Å². The molecule has 1 aliphatic rings. The van der Waals surface area contributed by atoms with Crippen molar-refractivity contribution in [3.8, 4) is 5.75 Å². The molecule has 0 radical (unpaired) electrons. The molecule has 3 aromatic rings. The third-order valence-corrected chi connectivity index (χ3v) is 5.14. The second-order valence-electron chi connectivity index (χ2n) is 7.37. The van der Waals surface area contributed by atoms with Crippen molar-refractivity contribution in [1.82, 2.24) is 15.6 Å². The molecule has 0 fully saturated rings. The zero-order chi connectivity index (χ0) is 19.5. The average molecular weight is 371 g/mol. The lowest BCUT2D eigenvalue weighted by Crippen LogP contribution is -2.31. The highest BCUT2D eigenvalue weighted by Crippen LogP contribution is 2.35. The standard InChI is InChI=1S/C24H25N3O/c1-16(2)17-8-10-19(11-9-17)22(27-21-7-3-4-14-25-21)20-13-12-18-6-5-15-26-23(18)24(20)28/h3-13,15-16,22,25,27-28H,14H2,1-2H3.